The van der Waals surface area contributed by atoms with E-state index in [1.54, 1.807) is 6.21 Å². The maximum absolute atomic E-state index is 11.4. The van der Waals surface area contributed by atoms with Crippen molar-refractivity contribution < 1.29 is 4.79 Å². The fraction of sp³-hybridized carbons (Fsp3) is 0.0667. The Bertz CT molecular complexity index is 677. The third-order valence-electron chi connectivity index (χ3n) is 3.12. The number of rotatable bonds is 2. The zero-order valence-corrected chi connectivity index (χ0v) is 10.8. The molecule has 2 aromatic rings. The lowest BCUT2D eigenvalue weighted by Gasteiger charge is -2.08. The van der Waals surface area contributed by atoms with Crippen molar-refractivity contribution in [1.29, 1.82) is 0 Å². The predicted octanol–water partition coefficient (Wildman–Crippen LogP) is 2.33. The summed E-state index contributed by atoms with van der Waals surface area (Å²) < 4.78 is 0. The highest BCUT2D eigenvalue weighted by Gasteiger charge is 2.09. The molecule has 1 heterocycles. The number of anilines is 2. The molecule has 4 N–H and O–H groups in total. The maximum atomic E-state index is 11.4. The quantitative estimate of drug-likeness (QED) is 0.729. The molecule has 2 amide bonds. The molecule has 0 atom stereocenters. The van der Waals surface area contributed by atoms with Gasteiger partial charge in [0.15, 0.2) is 0 Å². The molecule has 0 bridgehead atoms. The minimum absolute atomic E-state index is 0.329. The van der Waals surface area contributed by atoms with Crippen molar-refractivity contribution in [3.8, 4) is 0 Å². The van der Waals surface area contributed by atoms with Crippen molar-refractivity contribution in [3.05, 3.63) is 59.2 Å². The number of fused-ring (bicyclic) bond motifs is 1. The summed E-state index contributed by atoms with van der Waals surface area (Å²) in [5, 5.41) is 6.58. The number of benzene rings is 2. The van der Waals surface area contributed by atoms with Gasteiger partial charge in [-0.2, -0.15) is 5.10 Å². The molecule has 1 aliphatic rings. The molecule has 0 saturated carbocycles. The Morgan fingerprint density at radius 2 is 1.80 bits per heavy atom. The number of urea groups is 1. The van der Waals surface area contributed by atoms with E-state index in [1.165, 1.54) is 5.56 Å². The van der Waals surface area contributed by atoms with E-state index >= 15 is 0 Å². The van der Waals surface area contributed by atoms with Gasteiger partial charge < -0.3 is 11.1 Å². The van der Waals surface area contributed by atoms with Crippen molar-refractivity contribution in [1.82, 2.24) is 5.43 Å². The van der Waals surface area contributed by atoms with Crippen LogP contribution in [0.15, 0.2) is 47.6 Å². The molecule has 0 unspecified atom stereocenters. The van der Waals surface area contributed by atoms with E-state index in [1.807, 2.05) is 42.5 Å². The molecule has 3 rings (SSSR count). The molecule has 0 spiro atoms. The summed E-state index contributed by atoms with van der Waals surface area (Å²) >= 11 is 0. The van der Waals surface area contributed by atoms with Gasteiger partial charge in [0.25, 0.3) is 0 Å². The number of carbonyl (C=O) groups is 1. The fourth-order valence-corrected chi connectivity index (χ4v) is 2.12. The Morgan fingerprint density at radius 3 is 2.60 bits per heavy atom. The lowest BCUT2D eigenvalue weighted by atomic mass is 10.0. The zero-order valence-electron chi connectivity index (χ0n) is 10.8. The van der Waals surface area contributed by atoms with Gasteiger partial charge in [-0.3, -0.25) is 0 Å². The molecule has 1 aliphatic heterocycles. The largest absolute Gasteiger partial charge is 0.399 e. The summed E-state index contributed by atoms with van der Waals surface area (Å²) in [4.78, 5) is 11.4. The predicted molar refractivity (Wildman–Crippen MR) is 79.9 cm³/mol. The summed E-state index contributed by atoms with van der Waals surface area (Å²) in [7, 11) is 0. The second-order valence-electron chi connectivity index (χ2n) is 4.66. The number of hydrogen-bond donors (Lipinski definition) is 3. The standard InChI is InChI=1S/C15H14N4O/c16-13-5-2-10(3-6-13)7-11-1-4-12-9-17-19-15(20)18-14(12)8-11/h1-6,8-9H,7,16H2,(H2,18,19,20). The second-order valence-corrected chi connectivity index (χ2v) is 4.66. The van der Waals surface area contributed by atoms with Gasteiger partial charge in [-0.1, -0.05) is 24.3 Å². The van der Waals surface area contributed by atoms with E-state index in [0.717, 1.165) is 28.9 Å². The third-order valence-corrected chi connectivity index (χ3v) is 3.12. The molecule has 0 radical (unpaired) electrons. The molecule has 100 valence electrons. The molecule has 0 fully saturated rings. The lowest BCUT2D eigenvalue weighted by Crippen LogP contribution is -2.22. The van der Waals surface area contributed by atoms with E-state index in [9.17, 15) is 4.79 Å². The molecule has 0 aromatic heterocycles. The van der Waals surface area contributed by atoms with E-state index in [-0.39, 0.29) is 6.03 Å². The van der Waals surface area contributed by atoms with Crippen LogP contribution in [-0.2, 0) is 6.42 Å². The average Bonchev–Trinajstić information content (AvgIpc) is 2.61. The first-order valence-electron chi connectivity index (χ1n) is 6.28. The van der Waals surface area contributed by atoms with Crippen LogP contribution in [0.1, 0.15) is 16.7 Å². The summed E-state index contributed by atoms with van der Waals surface area (Å²) in [6, 6.07) is 13.4. The van der Waals surface area contributed by atoms with E-state index in [2.05, 4.69) is 15.8 Å². The Morgan fingerprint density at radius 1 is 1.05 bits per heavy atom. The number of nitrogens with two attached hydrogens (primary N) is 1. The van der Waals surface area contributed by atoms with Crippen LogP contribution in [0.25, 0.3) is 0 Å². The molecule has 0 saturated heterocycles. The van der Waals surface area contributed by atoms with Crippen molar-refractivity contribution in [2.24, 2.45) is 5.10 Å². The van der Waals surface area contributed by atoms with Crippen molar-refractivity contribution in [2.75, 3.05) is 11.1 Å². The summed E-state index contributed by atoms with van der Waals surface area (Å²) in [5.41, 5.74) is 12.7. The second kappa shape index (κ2) is 5.05. The van der Waals surface area contributed by atoms with Crippen LogP contribution < -0.4 is 16.5 Å². The number of nitrogens with one attached hydrogen (secondary N) is 2. The smallest absolute Gasteiger partial charge is 0.339 e. The summed E-state index contributed by atoms with van der Waals surface area (Å²) in [5.74, 6) is 0. The molecule has 5 heteroatoms. The van der Waals surface area contributed by atoms with Gasteiger partial charge in [0, 0.05) is 11.3 Å². The van der Waals surface area contributed by atoms with Gasteiger partial charge in [-0.15, -0.1) is 0 Å². The molecule has 2 aromatic carbocycles. The number of nitrogens with zero attached hydrogens (tertiary/aromatic N) is 1. The minimum atomic E-state index is -0.329. The van der Waals surface area contributed by atoms with Crippen LogP contribution >= 0.6 is 0 Å². The van der Waals surface area contributed by atoms with Gasteiger partial charge in [-0.25, -0.2) is 10.2 Å². The SMILES string of the molecule is Nc1ccc(Cc2ccc3c(c2)NC(=O)NN=C3)cc1. The fourth-order valence-electron chi connectivity index (χ4n) is 2.12. The van der Waals surface area contributed by atoms with Crippen LogP contribution in [0, 0.1) is 0 Å². The molecular weight excluding hydrogens is 252 g/mol. The summed E-state index contributed by atoms with van der Waals surface area (Å²) in [6.07, 6.45) is 2.41. The number of nitrogen functional groups attached to an aromatic ring is 1. The first-order valence-corrected chi connectivity index (χ1v) is 6.28. The average molecular weight is 266 g/mol. The normalized spacial score (nSPS) is 13.1. The Labute approximate surface area is 116 Å². The highest BCUT2D eigenvalue weighted by Crippen LogP contribution is 2.20. The van der Waals surface area contributed by atoms with Gasteiger partial charge in [-0.05, 0) is 35.7 Å². The monoisotopic (exact) mass is 266 g/mol. The molecular formula is C15H14N4O. The van der Waals surface area contributed by atoms with Crippen LogP contribution in [0.5, 0.6) is 0 Å². The number of carbonyl (C=O) groups excluding carboxylic acids is 1. The van der Waals surface area contributed by atoms with E-state index < -0.39 is 0 Å². The van der Waals surface area contributed by atoms with E-state index in [4.69, 9.17) is 5.73 Å². The topological polar surface area (TPSA) is 79.5 Å². The van der Waals surface area contributed by atoms with Crippen molar-refractivity contribution in [3.63, 3.8) is 0 Å². The number of amides is 2. The van der Waals surface area contributed by atoms with Gasteiger partial charge >= 0.3 is 6.03 Å². The molecule has 20 heavy (non-hydrogen) atoms. The van der Waals surface area contributed by atoms with E-state index in [0.29, 0.717) is 0 Å². The maximum Gasteiger partial charge on any atom is 0.339 e. The zero-order chi connectivity index (χ0) is 13.9. The number of hydrogen-bond acceptors (Lipinski definition) is 3. The first-order chi connectivity index (χ1) is 9.70. The third kappa shape index (κ3) is 2.61. The van der Waals surface area contributed by atoms with Crippen LogP contribution in [-0.4, -0.2) is 12.2 Å². The molecule has 0 aliphatic carbocycles. The first kappa shape index (κ1) is 12.2. The Balaban J connectivity index is 1.87. The summed E-state index contributed by atoms with van der Waals surface area (Å²) in [6.45, 7) is 0. The Kier molecular flexibility index (Phi) is 3.09. The number of hydrazone groups is 1. The molecule has 5 nitrogen and oxygen atoms in total. The highest BCUT2D eigenvalue weighted by molar-refractivity contribution is 5.99. The van der Waals surface area contributed by atoms with Gasteiger partial charge in [0.2, 0.25) is 0 Å². The van der Waals surface area contributed by atoms with Crippen molar-refractivity contribution >= 4 is 23.6 Å². The van der Waals surface area contributed by atoms with Gasteiger partial charge in [0.05, 0.1) is 11.9 Å². The Hall–Kier alpha value is -2.82. The lowest BCUT2D eigenvalue weighted by molar-refractivity contribution is 0.252. The van der Waals surface area contributed by atoms with Crippen molar-refractivity contribution in [2.45, 2.75) is 6.42 Å². The van der Waals surface area contributed by atoms with Gasteiger partial charge in [0.1, 0.15) is 0 Å². The van der Waals surface area contributed by atoms with Crippen LogP contribution in [0.4, 0.5) is 16.2 Å². The van der Waals surface area contributed by atoms with Crippen LogP contribution in [0.2, 0.25) is 0 Å². The van der Waals surface area contributed by atoms with Crippen LogP contribution in [0.3, 0.4) is 0 Å². The highest BCUT2D eigenvalue weighted by atomic mass is 16.2. The minimum Gasteiger partial charge on any atom is -0.399 e.